The minimum atomic E-state index is -0.281. The molecule has 1 aromatic carbocycles. The van der Waals surface area contributed by atoms with E-state index in [-0.39, 0.29) is 17.8 Å². The predicted octanol–water partition coefficient (Wildman–Crippen LogP) is 2.03. The Morgan fingerprint density at radius 1 is 1.28 bits per heavy atom. The van der Waals surface area contributed by atoms with Crippen LogP contribution in [0.5, 0.6) is 0 Å². The summed E-state index contributed by atoms with van der Waals surface area (Å²) in [5.74, 6) is 2.72. The Morgan fingerprint density at radius 3 is 2.72 bits per heavy atom. The van der Waals surface area contributed by atoms with E-state index in [9.17, 15) is 4.39 Å². The van der Waals surface area contributed by atoms with E-state index in [1.165, 1.54) is 12.1 Å². The summed E-state index contributed by atoms with van der Waals surface area (Å²) in [5, 5.41) is 3.92. The van der Waals surface area contributed by atoms with Crippen molar-refractivity contribution in [3.8, 4) is 11.4 Å². The van der Waals surface area contributed by atoms with Gasteiger partial charge >= 0.3 is 0 Å². The van der Waals surface area contributed by atoms with Gasteiger partial charge < -0.3 is 10.3 Å². The van der Waals surface area contributed by atoms with Crippen LogP contribution in [0.4, 0.5) is 4.39 Å². The van der Waals surface area contributed by atoms with Crippen LogP contribution in [0.3, 0.4) is 0 Å². The molecule has 0 bridgehead atoms. The molecule has 0 amide bonds. The van der Waals surface area contributed by atoms with Crippen LogP contribution in [0.15, 0.2) is 28.8 Å². The second kappa shape index (κ2) is 4.70. The Labute approximate surface area is 108 Å². The van der Waals surface area contributed by atoms with Crippen LogP contribution < -0.4 is 5.73 Å². The number of nitrogens with two attached hydrogens (primary N) is 1. The monoisotopic (exact) mass is 265 g/mol. The van der Waals surface area contributed by atoms with E-state index in [1.807, 2.05) is 0 Å². The van der Waals surface area contributed by atoms with Gasteiger partial charge in [0.2, 0.25) is 11.7 Å². The van der Waals surface area contributed by atoms with Crippen LogP contribution in [0.25, 0.3) is 11.4 Å². The zero-order valence-corrected chi connectivity index (χ0v) is 10.4. The number of benzene rings is 1. The molecule has 1 aliphatic rings. The quantitative estimate of drug-likeness (QED) is 0.900. The first-order valence-corrected chi connectivity index (χ1v) is 6.82. The van der Waals surface area contributed by atoms with E-state index in [0.29, 0.717) is 11.7 Å². The Balaban J connectivity index is 1.87. The zero-order valence-electron chi connectivity index (χ0n) is 9.54. The second-order valence-corrected chi connectivity index (χ2v) is 5.35. The fraction of sp³-hybridized carbons (Fsp3) is 0.333. The van der Waals surface area contributed by atoms with E-state index in [1.54, 1.807) is 23.9 Å². The van der Waals surface area contributed by atoms with Crippen LogP contribution in [-0.2, 0) is 0 Å². The molecule has 2 atom stereocenters. The first-order valence-electron chi connectivity index (χ1n) is 5.67. The molecular weight excluding hydrogens is 253 g/mol. The lowest BCUT2D eigenvalue weighted by Gasteiger charge is -2.07. The molecule has 2 N–H and O–H groups in total. The number of aromatic nitrogens is 2. The molecule has 1 aliphatic heterocycles. The van der Waals surface area contributed by atoms with E-state index in [0.717, 1.165) is 17.1 Å². The summed E-state index contributed by atoms with van der Waals surface area (Å²) in [6.07, 6.45) is 0. The molecule has 3 rings (SSSR count). The standard InChI is InChI=1S/C12H12FN3OS/c13-8-3-1-7(2-4-8)11-15-12(17-16-11)9-5-18-6-10(9)14/h1-4,9-10H,5-6,14H2. The van der Waals surface area contributed by atoms with Crippen molar-refractivity contribution in [3.63, 3.8) is 0 Å². The third-order valence-corrected chi connectivity index (χ3v) is 4.20. The average molecular weight is 265 g/mol. The number of nitrogens with zero attached hydrogens (tertiary/aromatic N) is 2. The molecule has 2 unspecified atom stereocenters. The van der Waals surface area contributed by atoms with Crippen molar-refractivity contribution in [1.82, 2.24) is 10.1 Å². The highest BCUT2D eigenvalue weighted by Crippen LogP contribution is 2.31. The van der Waals surface area contributed by atoms with Crippen LogP contribution in [0.2, 0.25) is 0 Å². The van der Waals surface area contributed by atoms with Gasteiger partial charge in [0.05, 0.1) is 5.92 Å². The summed E-state index contributed by atoms with van der Waals surface area (Å²) in [4.78, 5) is 4.35. The van der Waals surface area contributed by atoms with Crippen molar-refractivity contribution < 1.29 is 8.91 Å². The van der Waals surface area contributed by atoms with Crippen LogP contribution in [-0.4, -0.2) is 27.7 Å². The SMILES string of the molecule is NC1CSCC1c1nc(-c2ccc(F)cc2)no1. The number of hydrogen-bond donors (Lipinski definition) is 1. The molecule has 2 heterocycles. The highest BCUT2D eigenvalue weighted by molar-refractivity contribution is 7.99. The van der Waals surface area contributed by atoms with E-state index >= 15 is 0 Å². The van der Waals surface area contributed by atoms with Crippen molar-refractivity contribution in [2.75, 3.05) is 11.5 Å². The van der Waals surface area contributed by atoms with E-state index in [2.05, 4.69) is 10.1 Å². The maximum absolute atomic E-state index is 12.8. The topological polar surface area (TPSA) is 64.9 Å². The lowest BCUT2D eigenvalue weighted by Crippen LogP contribution is -2.26. The van der Waals surface area contributed by atoms with Gasteiger partial charge in [-0.1, -0.05) is 5.16 Å². The first kappa shape index (κ1) is 11.7. The Hall–Kier alpha value is -1.40. The summed E-state index contributed by atoms with van der Waals surface area (Å²) in [6, 6.07) is 6.09. The molecule has 18 heavy (non-hydrogen) atoms. The number of halogens is 1. The summed E-state index contributed by atoms with van der Waals surface area (Å²) in [7, 11) is 0. The maximum atomic E-state index is 12.8. The van der Waals surface area contributed by atoms with Crippen molar-refractivity contribution in [2.24, 2.45) is 5.73 Å². The molecule has 1 aromatic heterocycles. The molecule has 94 valence electrons. The number of thioether (sulfide) groups is 1. The van der Waals surface area contributed by atoms with Gasteiger partial charge in [0, 0.05) is 23.1 Å². The Kier molecular flexibility index (Phi) is 3.05. The van der Waals surface area contributed by atoms with E-state index < -0.39 is 0 Å². The molecule has 1 saturated heterocycles. The molecule has 0 saturated carbocycles. The molecule has 0 radical (unpaired) electrons. The lowest BCUT2D eigenvalue weighted by atomic mass is 10.1. The summed E-state index contributed by atoms with van der Waals surface area (Å²) < 4.78 is 18.1. The van der Waals surface area contributed by atoms with Gasteiger partial charge in [-0.25, -0.2) is 4.39 Å². The minimum Gasteiger partial charge on any atom is -0.339 e. The molecule has 2 aromatic rings. The van der Waals surface area contributed by atoms with Gasteiger partial charge in [-0.05, 0) is 24.3 Å². The summed E-state index contributed by atoms with van der Waals surface area (Å²) in [6.45, 7) is 0. The van der Waals surface area contributed by atoms with Gasteiger partial charge in [-0.15, -0.1) is 0 Å². The normalized spacial score (nSPS) is 23.4. The lowest BCUT2D eigenvalue weighted by molar-refractivity contribution is 0.352. The molecule has 0 spiro atoms. The van der Waals surface area contributed by atoms with Crippen LogP contribution in [0.1, 0.15) is 11.8 Å². The van der Waals surface area contributed by atoms with Crippen molar-refractivity contribution >= 4 is 11.8 Å². The Morgan fingerprint density at radius 2 is 2.06 bits per heavy atom. The smallest absolute Gasteiger partial charge is 0.232 e. The van der Waals surface area contributed by atoms with Crippen molar-refractivity contribution in [1.29, 1.82) is 0 Å². The van der Waals surface area contributed by atoms with Crippen molar-refractivity contribution in [2.45, 2.75) is 12.0 Å². The zero-order chi connectivity index (χ0) is 12.5. The van der Waals surface area contributed by atoms with Gasteiger partial charge in [0.1, 0.15) is 5.82 Å². The van der Waals surface area contributed by atoms with Gasteiger partial charge in [0.15, 0.2) is 0 Å². The van der Waals surface area contributed by atoms with E-state index in [4.69, 9.17) is 10.3 Å². The van der Waals surface area contributed by atoms with Crippen molar-refractivity contribution in [3.05, 3.63) is 36.0 Å². The number of rotatable bonds is 2. The predicted molar refractivity (Wildman–Crippen MR) is 67.7 cm³/mol. The first-order chi connectivity index (χ1) is 8.74. The van der Waals surface area contributed by atoms with Gasteiger partial charge in [-0.2, -0.15) is 16.7 Å². The second-order valence-electron chi connectivity index (χ2n) is 4.27. The Bertz CT molecular complexity index is 543. The molecule has 1 fully saturated rings. The van der Waals surface area contributed by atoms with Crippen LogP contribution in [0, 0.1) is 5.82 Å². The third kappa shape index (κ3) is 2.13. The molecule has 4 nitrogen and oxygen atoms in total. The fourth-order valence-electron chi connectivity index (χ4n) is 1.93. The molecule has 6 heteroatoms. The highest BCUT2D eigenvalue weighted by atomic mass is 32.2. The highest BCUT2D eigenvalue weighted by Gasteiger charge is 2.30. The summed E-state index contributed by atoms with van der Waals surface area (Å²) in [5.41, 5.74) is 6.72. The third-order valence-electron chi connectivity index (χ3n) is 2.99. The molecule has 0 aliphatic carbocycles. The maximum Gasteiger partial charge on any atom is 0.232 e. The minimum absolute atomic E-state index is 0.0662. The molecular formula is C12H12FN3OS. The van der Waals surface area contributed by atoms with Gasteiger partial charge in [-0.3, -0.25) is 0 Å². The average Bonchev–Trinajstić information content (AvgIpc) is 2.98. The summed E-state index contributed by atoms with van der Waals surface area (Å²) >= 11 is 1.79. The largest absolute Gasteiger partial charge is 0.339 e. The van der Waals surface area contributed by atoms with Crippen LogP contribution >= 0.6 is 11.8 Å². The van der Waals surface area contributed by atoms with Gasteiger partial charge in [0.25, 0.3) is 0 Å². The fourth-order valence-corrected chi connectivity index (χ4v) is 3.21. The number of hydrogen-bond acceptors (Lipinski definition) is 5.